The van der Waals surface area contributed by atoms with Crippen molar-refractivity contribution in [3.63, 3.8) is 0 Å². The van der Waals surface area contributed by atoms with Crippen LogP contribution < -0.4 is 0 Å². The van der Waals surface area contributed by atoms with Crippen molar-refractivity contribution in [3.8, 4) is 0 Å². The molecular formula is C16H20ClNO2. The molecule has 1 N–H and O–H groups in total. The van der Waals surface area contributed by atoms with Crippen LogP contribution in [0.1, 0.15) is 25.8 Å². The van der Waals surface area contributed by atoms with Gasteiger partial charge in [-0.25, -0.2) is 0 Å². The molecule has 0 aliphatic carbocycles. The molecule has 2 unspecified atom stereocenters. The second-order valence-corrected chi connectivity index (χ2v) is 5.84. The number of nitrogens with zero attached hydrogens (tertiary/aromatic N) is 1. The number of aliphatic hydroxyl groups is 1. The van der Waals surface area contributed by atoms with Crippen LogP contribution in [0.15, 0.2) is 29.8 Å². The Bertz CT molecular complexity index is 527. The molecule has 1 fully saturated rings. The van der Waals surface area contributed by atoms with Crippen molar-refractivity contribution in [2.75, 3.05) is 13.1 Å². The van der Waals surface area contributed by atoms with E-state index >= 15 is 0 Å². The van der Waals surface area contributed by atoms with E-state index in [-0.39, 0.29) is 11.8 Å². The van der Waals surface area contributed by atoms with Crippen LogP contribution in [0.4, 0.5) is 0 Å². The third-order valence-corrected chi connectivity index (χ3v) is 4.16. The summed E-state index contributed by atoms with van der Waals surface area (Å²) in [5.41, 5.74) is 1.48. The number of likely N-dealkylation sites (tertiary alicyclic amines) is 1. The van der Waals surface area contributed by atoms with Crippen molar-refractivity contribution >= 4 is 23.6 Å². The standard InChI is InChI=1S/C16H20ClNO2/c1-11-7-8-18(10-15(11)19)16(20)12(2)9-13-5-3-4-6-14(13)17/h3-6,9,11,15,19H,7-8,10H2,1-2H3/b12-9+. The molecule has 1 aliphatic rings. The molecule has 1 aliphatic heterocycles. The highest BCUT2D eigenvalue weighted by atomic mass is 35.5. The lowest BCUT2D eigenvalue weighted by Gasteiger charge is -2.34. The van der Waals surface area contributed by atoms with E-state index in [0.717, 1.165) is 12.0 Å². The fourth-order valence-corrected chi connectivity index (χ4v) is 2.56. The topological polar surface area (TPSA) is 40.5 Å². The molecule has 0 spiro atoms. The zero-order chi connectivity index (χ0) is 14.7. The summed E-state index contributed by atoms with van der Waals surface area (Å²) in [6.07, 6.45) is 2.21. The Morgan fingerprint density at radius 1 is 1.45 bits per heavy atom. The molecule has 4 heteroatoms. The van der Waals surface area contributed by atoms with Crippen molar-refractivity contribution in [1.29, 1.82) is 0 Å². The highest BCUT2D eigenvalue weighted by Crippen LogP contribution is 2.21. The van der Waals surface area contributed by atoms with Gasteiger partial charge in [0.15, 0.2) is 0 Å². The molecule has 108 valence electrons. The molecule has 3 nitrogen and oxygen atoms in total. The summed E-state index contributed by atoms with van der Waals surface area (Å²) >= 11 is 6.09. The molecule has 0 bridgehead atoms. The van der Waals surface area contributed by atoms with Crippen LogP contribution in [-0.2, 0) is 4.79 Å². The first-order valence-corrected chi connectivity index (χ1v) is 7.27. The molecule has 1 aromatic carbocycles. The van der Waals surface area contributed by atoms with E-state index < -0.39 is 6.10 Å². The highest BCUT2D eigenvalue weighted by Gasteiger charge is 2.27. The number of carbonyl (C=O) groups excluding carboxylic acids is 1. The maximum absolute atomic E-state index is 12.4. The van der Waals surface area contributed by atoms with Gasteiger partial charge in [0.25, 0.3) is 0 Å². The summed E-state index contributed by atoms with van der Waals surface area (Å²) in [6.45, 7) is 4.91. The lowest BCUT2D eigenvalue weighted by Crippen LogP contribution is -2.46. The van der Waals surface area contributed by atoms with Crippen LogP contribution in [-0.4, -0.2) is 35.1 Å². The fourth-order valence-electron chi connectivity index (χ4n) is 2.37. The Kier molecular flexibility index (Phi) is 4.84. The second-order valence-electron chi connectivity index (χ2n) is 5.43. The van der Waals surface area contributed by atoms with Crippen molar-refractivity contribution in [1.82, 2.24) is 4.90 Å². The summed E-state index contributed by atoms with van der Waals surface area (Å²) in [4.78, 5) is 14.1. The average Bonchev–Trinajstić information content (AvgIpc) is 2.43. The lowest BCUT2D eigenvalue weighted by molar-refractivity contribution is -0.131. The van der Waals surface area contributed by atoms with Gasteiger partial charge in [-0.05, 0) is 37.0 Å². The molecule has 1 heterocycles. The third kappa shape index (κ3) is 3.41. The van der Waals surface area contributed by atoms with Crippen molar-refractivity contribution in [2.24, 2.45) is 5.92 Å². The zero-order valence-corrected chi connectivity index (χ0v) is 12.6. The predicted molar refractivity (Wildman–Crippen MR) is 81.5 cm³/mol. The Hall–Kier alpha value is -1.32. The molecule has 20 heavy (non-hydrogen) atoms. The zero-order valence-electron chi connectivity index (χ0n) is 11.8. The molecule has 0 aromatic heterocycles. The Morgan fingerprint density at radius 2 is 2.15 bits per heavy atom. The molecule has 2 atom stereocenters. The van der Waals surface area contributed by atoms with Gasteiger partial charge >= 0.3 is 0 Å². The minimum atomic E-state index is -0.430. The van der Waals surface area contributed by atoms with Gasteiger partial charge in [0.05, 0.1) is 6.10 Å². The van der Waals surface area contributed by atoms with Gasteiger partial charge in [0.1, 0.15) is 0 Å². The molecule has 0 radical (unpaired) electrons. The van der Waals surface area contributed by atoms with Gasteiger partial charge in [-0.2, -0.15) is 0 Å². The highest BCUT2D eigenvalue weighted by molar-refractivity contribution is 6.32. The monoisotopic (exact) mass is 293 g/mol. The quantitative estimate of drug-likeness (QED) is 0.852. The normalized spacial score (nSPS) is 23.8. The molecule has 1 amide bonds. The Morgan fingerprint density at radius 3 is 2.80 bits per heavy atom. The predicted octanol–water partition coefficient (Wildman–Crippen LogP) is 2.97. The van der Waals surface area contributed by atoms with Crippen LogP contribution in [0.25, 0.3) is 6.08 Å². The number of hydrogen-bond acceptors (Lipinski definition) is 2. The van der Waals surface area contributed by atoms with E-state index in [4.69, 9.17) is 11.6 Å². The molecule has 0 saturated carbocycles. The van der Waals surface area contributed by atoms with Gasteiger partial charge in [-0.3, -0.25) is 4.79 Å². The van der Waals surface area contributed by atoms with Gasteiger partial charge in [-0.1, -0.05) is 36.7 Å². The van der Waals surface area contributed by atoms with Gasteiger partial charge in [-0.15, -0.1) is 0 Å². The summed E-state index contributed by atoms with van der Waals surface area (Å²) < 4.78 is 0. The van der Waals surface area contributed by atoms with Crippen molar-refractivity contribution in [3.05, 3.63) is 40.4 Å². The largest absolute Gasteiger partial charge is 0.391 e. The third-order valence-electron chi connectivity index (χ3n) is 3.82. The summed E-state index contributed by atoms with van der Waals surface area (Å²) in [5, 5.41) is 10.5. The fraction of sp³-hybridized carbons (Fsp3) is 0.438. The first-order chi connectivity index (χ1) is 9.49. The number of carbonyl (C=O) groups is 1. The van der Waals surface area contributed by atoms with E-state index in [1.807, 2.05) is 25.1 Å². The molecule has 1 aromatic rings. The number of aliphatic hydroxyl groups excluding tert-OH is 1. The number of benzene rings is 1. The number of amides is 1. The van der Waals surface area contributed by atoms with Crippen LogP contribution in [0.5, 0.6) is 0 Å². The molecule has 1 saturated heterocycles. The summed E-state index contributed by atoms with van der Waals surface area (Å²) in [6, 6.07) is 7.44. The van der Waals surface area contributed by atoms with Crippen LogP contribution in [0.2, 0.25) is 5.02 Å². The van der Waals surface area contributed by atoms with E-state index in [0.29, 0.717) is 23.7 Å². The SMILES string of the molecule is C/C(=C\c1ccccc1Cl)C(=O)N1CCC(C)C(O)C1. The van der Waals surface area contributed by atoms with Crippen molar-refractivity contribution in [2.45, 2.75) is 26.4 Å². The van der Waals surface area contributed by atoms with E-state index in [2.05, 4.69) is 0 Å². The Balaban J connectivity index is 2.11. The van der Waals surface area contributed by atoms with Gasteiger partial charge < -0.3 is 10.0 Å². The number of piperidine rings is 1. The minimum Gasteiger partial charge on any atom is -0.391 e. The first kappa shape index (κ1) is 15.1. The number of hydrogen-bond donors (Lipinski definition) is 1. The van der Waals surface area contributed by atoms with E-state index in [1.54, 1.807) is 24.0 Å². The number of β-amino-alcohol motifs (C(OH)–C–C–N with tert-alkyl or cyclic N) is 1. The second kappa shape index (κ2) is 6.42. The molecular weight excluding hydrogens is 274 g/mol. The van der Waals surface area contributed by atoms with E-state index in [9.17, 15) is 9.90 Å². The Labute approximate surface area is 124 Å². The maximum atomic E-state index is 12.4. The summed E-state index contributed by atoms with van der Waals surface area (Å²) in [5.74, 6) is 0.225. The van der Waals surface area contributed by atoms with E-state index in [1.165, 1.54) is 0 Å². The first-order valence-electron chi connectivity index (χ1n) is 6.89. The van der Waals surface area contributed by atoms with Crippen LogP contribution >= 0.6 is 11.6 Å². The minimum absolute atomic E-state index is 0.0316. The molecule has 2 rings (SSSR count). The summed E-state index contributed by atoms with van der Waals surface area (Å²) in [7, 11) is 0. The average molecular weight is 294 g/mol. The smallest absolute Gasteiger partial charge is 0.249 e. The maximum Gasteiger partial charge on any atom is 0.249 e. The van der Waals surface area contributed by atoms with Gasteiger partial charge in [0.2, 0.25) is 5.91 Å². The van der Waals surface area contributed by atoms with Gasteiger partial charge in [0, 0.05) is 23.7 Å². The van der Waals surface area contributed by atoms with Crippen LogP contribution in [0, 0.1) is 5.92 Å². The van der Waals surface area contributed by atoms with Crippen LogP contribution in [0.3, 0.4) is 0 Å². The van der Waals surface area contributed by atoms with Crippen molar-refractivity contribution < 1.29 is 9.90 Å². The lowest BCUT2D eigenvalue weighted by atomic mass is 9.95. The number of rotatable bonds is 2. The number of halogens is 1.